The molecule has 4 nitrogen and oxygen atoms in total. The van der Waals surface area contributed by atoms with Gasteiger partial charge >= 0.3 is 0 Å². The summed E-state index contributed by atoms with van der Waals surface area (Å²) >= 11 is 0. The lowest BCUT2D eigenvalue weighted by Crippen LogP contribution is -2.19. The molecule has 2 rings (SSSR count). The van der Waals surface area contributed by atoms with Crippen molar-refractivity contribution >= 4 is 5.91 Å². The molecule has 1 amide bonds. The molecule has 0 heterocycles. The fraction of sp³-hybridized carbons (Fsp3) is 0.0714. The number of amides is 1. The summed E-state index contributed by atoms with van der Waals surface area (Å²) < 4.78 is 10.8. The van der Waals surface area contributed by atoms with Crippen LogP contribution in [0.3, 0.4) is 0 Å². The van der Waals surface area contributed by atoms with Crippen LogP contribution in [0.1, 0.15) is 0 Å². The fourth-order valence-corrected chi connectivity index (χ4v) is 1.41. The van der Waals surface area contributed by atoms with E-state index in [9.17, 15) is 4.79 Å². The van der Waals surface area contributed by atoms with E-state index < -0.39 is 5.91 Å². The minimum Gasteiger partial charge on any atom is -0.484 e. The molecule has 0 aliphatic heterocycles. The largest absolute Gasteiger partial charge is 0.484 e. The molecule has 2 aromatic carbocycles. The van der Waals surface area contributed by atoms with Crippen LogP contribution in [0.5, 0.6) is 17.2 Å². The zero-order valence-corrected chi connectivity index (χ0v) is 9.71. The van der Waals surface area contributed by atoms with Crippen molar-refractivity contribution in [3.8, 4) is 17.2 Å². The topological polar surface area (TPSA) is 61.6 Å². The summed E-state index contributed by atoms with van der Waals surface area (Å²) in [7, 11) is 0. The van der Waals surface area contributed by atoms with Crippen LogP contribution in [-0.4, -0.2) is 12.5 Å². The molecule has 0 saturated carbocycles. The van der Waals surface area contributed by atoms with Crippen LogP contribution in [0.25, 0.3) is 0 Å². The summed E-state index contributed by atoms with van der Waals surface area (Å²) in [4.78, 5) is 10.6. The Bertz CT molecular complexity index is 526. The molecule has 0 bridgehead atoms. The van der Waals surface area contributed by atoms with Crippen molar-refractivity contribution in [3.63, 3.8) is 0 Å². The number of hydrogen-bond acceptors (Lipinski definition) is 3. The predicted molar refractivity (Wildman–Crippen MR) is 67.6 cm³/mol. The second-order valence-electron chi connectivity index (χ2n) is 3.64. The second-order valence-corrected chi connectivity index (χ2v) is 3.64. The van der Waals surface area contributed by atoms with Crippen LogP contribution in [0, 0.1) is 0 Å². The number of hydrogen-bond donors (Lipinski definition) is 1. The van der Waals surface area contributed by atoms with Gasteiger partial charge in [0.2, 0.25) is 0 Å². The molecule has 0 aliphatic rings. The maximum atomic E-state index is 10.6. The molecule has 0 radical (unpaired) electrons. The van der Waals surface area contributed by atoms with Gasteiger partial charge in [-0.2, -0.15) is 0 Å². The van der Waals surface area contributed by atoms with Crippen LogP contribution >= 0.6 is 0 Å². The van der Waals surface area contributed by atoms with E-state index in [4.69, 9.17) is 15.2 Å². The first kappa shape index (κ1) is 12.0. The molecule has 0 aliphatic carbocycles. The first-order valence-electron chi connectivity index (χ1n) is 5.48. The Kier molecular flexibility index (Phi) is 3.81. The molecule has 0 unspecified atom stereocenters. The number of primary amides is 1. The molecule has 0 saturated heterocycles. The van der Waals surface area contributed by atoms with E-state index in [1.165, 1.54) is 0 Å². The number of carbonyl (C=O) groups excluding carboxylic acids is 1. The molecule has 2 aromatic rings. The van der Waals surface area contributed by atoms with Crippen molar-refractivity contribution < 1.29 is 14.3 Å². The summed E-state index contributed by atoms with van der Waals surface area (Å²) in [6.45, 7) is -0.144. The molecular weight excluding hydrogens is 230 g/mol. The van der Waals surface area contributed by atoms with Crippen molar-refractivity contribution in [2.24, 2.45) is 5.73 Å². The summed E-state index contributed by atoms with van der Waals surface area (Å²) in [5.74, 6) is 1.42. The Hall–Kier alpha value is -2.49. The monoisotopic (exact) mass is 243 g/mol. The highest BCUT2D eigenvalue weighted by Crippen LogP contribution is 2.24. The average molecular weight is 243 g/mol. The second kappa shape index (κ2) is 5.72. The minimum absolute atomic E-state index is 0.144. The summed E-state index contributed by atoms with van der Waals surface area (Å²) in [6, 6.07) is 16.5. The Morgan fingerprint density at radius 2 is 1.61 bits per heavy atom. The van der Waals surface area contributed by atoms with Crippen molar-refractivity contribution in [1.29, 1.82) is 0 Å². The quantitative estimate of drug-likeness (QED) is 0.876. The molecule has 0 atom stereocenters. The van der Waals surface area contributed by atoms with Gasteiger partial charge in [-0.3, -0.25) is 4.79 Å². The third kappa shape index (κ3) is 3.52. The third-order valence-corrected chi connectivity index (χ3v) is 2.17. The first-order valence-corrected chi connectivity index (χ1v) is 5.48. The van der Waals surface area contributed by atoms with Crippen LogP contribution in [0.2, 0.25) is 0 Å². The van der Waals surface area contributed by atoms with E-state index in [2.05, 4.69) is 0 Å². The fourth-order valence-electron chi connectivity index (χ4n) is 1.41. The SMILES string of the molecule is NC(=O)COc1cccc(Oc2ccccc2)c1. The molecule has 4 heteroatoms. The third-order valence-electron chi connectivity index (χ3n) is 2.17. The van der Waals surface area contributed by atoms with Gasteiger partial charge in [-0.15, -0.1) is 0 Å². The normalized spacial score (nSPS) is 9.78. The molecule has 2 N–H and O–H groups in total. The van der Waals surface area contributed by atoms with E-state index in [0.717, 1.165) is 5.75 Å². The van der Waals surface area contributed by atoms with Crippen LogP contribution in [-0.2, 0) is 4.79 Å². The number of carbonyl (C=O) groups is 1. The summed E-state index contributed by atoms with van der Waals surface area (Å²) in [5.41, 5.74) is 5.01. The number of ether oxygens (including phenoxy) is 2. The van der Waals surface area contributed by atoms with E-state index in [0.29, 0.717) is 11.5 Å². The smallest absolute Gasteiger partial charge is 0.255 e. The van der Waals surface area contributed by atoms with E-state index >= 15 is 0 Å². The lowest BCUT2D eigenvalue weighted by molar-refractivity contribution is -0.119. The average Bonchev–Trinajstić information content (AvgIpc) is 2.38. The summed E-state index contributed by atoms with van der Waals surface area (Å²) in [6.07, 6.45) is 0. The molecule has 18 heavy (non-hydrogen) atoms. The summed E-state index contributed by atoms with van der Waals surface area (Å²) in [5, 5.41) is 0. The Morgan fingerprint density at radius 3 is 2.33 bits per heavy atom. The Balaban J connectivity index is 2.05. The lowest BCUT2D eigenvalue weighted by Gasteiger charge is -2.08. The standard InChI is InChI=1S/C14H13NO3/c15-14(16)10-17-12-7-4-8-13(9-12)18-11-5-2-1-3-6-11/h1-9H,10H2,(H2,15,16). The zero-order chi connectivity index (χ0) is 12.8. The van der Waals surface area contributed by atoms with Gasteiger partial charge in [0.1, 0.15) is 17.2 Å². The molecule has 0 spiro atoms. The van der Waals surface area contributed by atoms with Gasteiger partial charge in [-0.05, 0) is 24.3 Å². The molecule has 92 valence electrons. The molecular formula is C14H13NO3. The van der Waals surface area contributed by atoms with Gasteiger partial charge in [0.05, 0.1) is 0 Å². The maximum absolute atomic E-state index is 10.6. The lowest BCUT2D eigenvalue weighted by atomic mass is 10.3. The van der Waals surface area contributed by atoms with Gasteiger partial charge in [-0.1, -0.05) is 24.3 Å². The van der Waals surface area contributed by atoms with Gasteiger partial charge in [0, 0.05) is 6.07 Å². The molecule has 0 aromatic heterocycles. The van der Waals surface area contributed by atoms with Gasteiger partial charge in [-0.25, -0.2) is 0 Å². The highest BCUT2D eigenvalue weighted by molar-refractivity contribution is 5.75. The van der Waals surface area contributed by atoms with Crippen LogP contribution in [0.15, 0.2) is 54.6 Å². The number of nitrogens with two attached hydrogens (primary N) is 1. The number of para-hydroxylation sites is 1. The Morgan fingerprint density at radius 1 is 0.944 bits per heavy atom. The van der Waals surface area contributed by atoms with Crippen LogP contribution in [0.4, 0.5) is 0 Å². The van der Waals surface area contributed by atoms with E-state index in [1.807, 2.05) is 36.4 Å². The van der Waals surface area contributed by atoms with E-state index in [-0.39, 0.29) is 6.61 Å². The molecule has 0 fully saturated rings. The maximum Gasteiger partial charge on any atom is 0.255 e. The number of rotatable bonds is 5. The van der Waals surface area contributed by atoms with Crippen molar-refractivity contribution in [2.45, 2.75) is 0 Å². The van der Waals surface area contributed by atoms with Gasteiger partial charge in [0.25, 0.3) is 5.91 Å². The highest BCUT2D eigenvalue weighted by atomic mass is 16.5. The highest BCUT2D eigenvalue weighted by Gasteiger charge is 2.01. The van der Waals surface area contributed by atoms with Crippen LogP contribution < -0.4 is 15.2 Å². The predicted octanol–water partition coefficient (Wildman–Crippen LogP) is 2.34. The van der Waals surface area contributed by atoms with Crippen molar-refractivity contribution in [1.82, 2.24) is 0 Å². The first-order chi connectivity index (χ1) is 8.74. The minimum atomic E-state index is -0.510. The van der Waals surface area contributed by atoms with Gasteiger partial charge < -0.3 is 15.2 Å². The van der Waals surface area contributed by atoms with E-state index in [1.54, 1.807) is 18.2 Å². The number of benzene rings is 2. The Labute approximate surface area is 105 Å². The van der Waals surface area contributed by atoms with Gasteiger partial charge in [0.15, 0.2) is 6.61 Å². The van der Waals surface area contributed by atoms with Crippen molar-refractivity contribution in [3.05, 3.63) is 54.6 Å². The van der Waals surface area contributed by atoms with Crippen molar-refractivity contribution in [2.75, 3.05) is 6.61 Å². The zero-order valence-electron chi connectivity index (χ0n) is 9.71.